The fourth-order valence-corrected chi connectivity index (χ4v) is 3.32. The van der Waals surface area contributed by atoms with Crippen LogP contribution in [-0.4, -0.2) is 41.4 Å². The van der Waals surface area contributed by atoms with Crippen LogP contribution in [0.5, 0.6) is 0 Å². The summed E-state index contributed by atoms with van der Waals surface area (Å²) in [6, 6.07) is 8.45. The van der Waals surface area contributed by atoms with Crippen LogP contribution in [0.1, 0.15) is 24.5 Å². The predicted molar refractivity (Wildman–Crippen MR) is 86.0 cm³/mol. The van der Waals surface area contributed by atoms with Crippen molar-refractivity contribution in [2.24, 2.45) is 0 Å². The minimum atomic E-state index is -0.00857. The summed E-state index contributed by atoms with van der Waals surface area (Å²) in [6.07, 6.45) is 0.997. The van der Waals surface area contributed by atoms with Crippen molar-refractivity contribution in [1.29, 1.82) is 0 Å². The zero-order valence-corrected chi connectivity index (χ0v) is 13.2. The molecule has 1 saturated heterocycles. The van der Waals surface area contributed by atoms with E-state index in [2.05, 4.69) is 43.4 Å². The lowest BCUT2D eigenvalue weighted by Crippen LogP contribution is -2.50. The van der Waals surface area contributed by atoms with E-state index >= 15 is 0 Å². The number of nitrogens with zero attached hydrogens (tertiary/aromatic N) is 1. The molecular formula is C16H24N2OS. The van der Waals surface area contributed by atoms with Crippen LogP contribution in [0.15, 0.2) is 24.3 Å². The van der Waals surface area contributed by atoms with Gasteiger partial charge in [0.2, 0.25) is 5.91 Å². The molecular weight excluding hydrogens is 268 g/mol. The van der Waals surface area contributed by atoms with Gasteiger partial charge in [-0.15, -0.1) is 0 Å². The Morgan fingerprint density at radius 3 is 2.75 bits per heavy atom. The van der Waals surface area contributed by atoms with Crippen LogP contribution >= 0.6 is 11.8 Å². The van der Waals surface area contributed by atoms with Crippen molar-refractivity contribution in [3.63, 3.8) is 0 Å². The first-order chi connectivity index (χ1) is 9.70. The van der Waals surface area contributed by atoms with Crippen molar-refractivity contribution in [3.05, 3.63) is 35.4 Å². The molecule has 1 atom stereocenters. The smallest absolute Gasteiger partial charge is 0.240 e. The molecule has 1 aliphatic rings. The maximum absolute atomic E-state index is 12.6. The number of rotatable bonds is 5. The number of thioether (sulfide) groups is 1. The molecule has 110 valence electrons. The van der Waals surface area contributed by atoms with E-state index in [0.717, 1.165) is 37.6 Å². The highest BCUT2D eigenvalue weighted by atomic mass is 32.2. The first kappa shape index (κ1) is 15.4. The van der Waals surface area contributed by atoms with E-state index in [0.29, 0.717) is 0 Å². The normalized spacial score (nSPS) is 18.8. The standard InChI is InChI=1S/C16H24N2OS/c1-3-9-18(11-14-6-4-13(2)5-7-14)16(19)15-12-20-10-8-17-15/h4-7,15,17H,3,8-12H2,1-2H3. The lowest BCUT2D eigenvalue weighted by Gasteiger charge is -2.29. The van der Waals surface area contributed by atoms with Gasteiger partial charge in [0.05, 0.1) is 6.04 Å². The number of carbonyl (C=O) groups is 1. The van der Waals surface area contributed by atoms with E-state index in [1.54, 1.807) is 0 Å². The predicted octanol–water partition coefficient (Wildman–Crippen LogP) is 2.44. The minimum absolute atomic E-state index is 0.00857. The van der Waals surface area contributed by atoms with Gasteiger partial charge in [0.25, 0.3) is 0 Å². The van der Waals surface area contributed by atoms with Crippen LogP contribution in [0.3, 0.4) is 0 Å². The van der Waals surface area contributed by atoms with E-state index < -0.39 is 0 Å². The summed E-state index contributed by atoms with van der Waals surface area (Å²) in [5, 5.41) is 3.34. The van der Waals surface area contributed by atoms with Gasteiger partial charge in [-0.1, -0.05) is 36.8 Å². The molecule has 1 aromatic carbocycles. The molecule has 1 aromatic rings. The maximum atomic E-state index is 12.6. The van der Waals surface area contributed by atoms with Crippen molar-refractivity contribution >= 4 is 17.7 Å². The van der Waals surface area contributed by atoms with Crippen LogP contribution < -0.4 is 5.32 Å². The third-order valence-corrected chi connectivity index (χ3v) is 4.58. The van der Waals surface area contributed by atoms with Crippen LogP contribution in [-0.2, 0) is 11.3 Å². The molecule has 1 N–H and O–H groups in total. The minimum Gasteiger partial charge on any atom is -0.337 e. The van der Waals surface area contributed by atoms with Gasteiger partial charge in [-0.2, -0.15) is 11.8 Å². The van der Waals surface area contributed by atoms with E-state index in [1.165, 1.54) is 11.1 Å². The molecule has 1 amide bonds. The molecule has 1 heterocycles. The topological polar surface area (TPSA) is 32.3 Å². The highest BCUT2D eigenvalue weighted by Gasteiger charge is 2.25. The van der Waals surface area contributed by atoms with Crippen LogP contribution in [0.2, 0.25) is 0 Å². The average molecular weight is 292 g/mol. The molecule has 1 fully saturated rings. The summed E-state index contributed by atoms with van der Waals surface area (Å²) in [7, 11) is 0. The fraction of sp³-hybridized carbons (Fsp3) is 0.562. The van der Waals surface area contributed by atoms with E-state index in [1.807, 2.05) is 16.7 Å². The third-order valence-electron chi connectivity index (χ3n) is 3.52. The highest BCUT2D eigenvalue weighted by Crippen LogP contribution is 2.13. The Hall–Kier alpha value is -1.00. The molecule has 0 spiro atoms. The summed E-state index contributed by atoms with van der Waals surface area (Å²) in [4.78, 5) is 14.6. The molecule has 3 nitrogen and oxygen atoms in total. The summed E-state index contributed by atoms with van der Waals surface area (Å²) in [6.45, 7) is 6.69. The number of carbonyl (C=O) groups excluding carboxylic acids is 1. The Balaban J connectivity index is 2.01. The lowest BCUT2D eigenvalue weighted by atomic mass is 10.1. The van der Waals surface area contributed by atoms with Gasteiger partial charge in [0.1, 0.15) is 0 Å². The van der Waals surface area contributed by atoms with Crippen molar-refractivity contribution in [2.75, 3.05) is 24.6 Å². The second-order valence-electron chi connectivity index (χ2n) is 5.33. The van der Waals surface area contributed by atoms with Gasteiger partial charge >= 0.3 is 0 Å². The number of hydrogen-bond acceptors (Lipinski definition) is 3. The van der Waals surface area contributed by atoms with Gasteiger partial charge < -0.3 is 10.2 Å². The molecule has 4 heteroatoms. The first-order valence-electron chi connectivity index (χ1n) is 7.36. The molecule has 20 heavy (non-hydrogen) atoms. The van der Waals surface area contributed by atoms with Crippen molar-refractivity contribution in [2.45, 2.75) is 32.9 Å². The van der Waals surface area contributed by atoms with Crippen molar-refractivity contribution in [3.8, 4) is 0 Å². The molecule has 1 aliphatic heterocycles. The summed E-state index contributed by atoms with van der Waals surface area (Å²) < 4.78 is 0. The quantitative estimate of drug-likeness (QED) is 0.904. The van der Waals surface area contributed by atoms with E-state index in [9.17, 15) is 4.79 Å². The van der Waals surface area contributed by atoms with E-state index in [-0.39, 0.29) is 11.9 Å². The summed E-state index contributed by atoms with van der Waals surface area (Å²) >= 11 is 1.87. The first-order valence-corrected chi connectivity index (χ1v) is 8.51. The Morgan fingerprint density at radius 2 is 2.15 bits per heavy atom. The van der Waals surface area contributed by atoms with Crippen LogP contribution in [0.25, 0.3) is 0 Å². The van der Waals surface area contributed by atoms with Crippen LogP contribution in [0, 0.1) is 6.92 Å². The monoisotopic (exact) mass is 292 g/mol. The highest BCUT2D eigenvalue weighted by molar-refractivity contribution is 7.99. The SMILES string of the molecule is CCCN(Cc1ccc(C)cc1)C(=O)C1CSCCN1. The number of aryl methyl sites for hydroxylation is 1. The third kappa shape index (κ3) is 4.25. The molecule has 0 bridgehead atoms. The van der Waals surface area contributed by atoms with Gasteiger partial charge in [0.15, 0.2) is 0 Å². The molecule has 2 rings (SSSR count). The van der Waals surface area contributed by atoms with Gasteiger partial charge in [0, 0.05) is 31.1 Å². The zero-order valence-electron chi connectivity index (χ0n) is 12.4. The Morgan fingerprint density at radius 1 is 1.40 bits per heavy atom. The largest absolute Gasteiger partial charge is 0.337 e. The van der Waals surface area contributed by atoms with Gasteiger partial charge in [-0.05, 0) is 18.9 Å². The molecule has 0 aliphatic carbocycles. The zero-order chi connectivity index (χ0) is 14.4. The van der Waals surface area contributed by atoms with Gasteiger partial charge in [-0.3, -0.25) is 4.79 Å². The second-order valence-corrected chi connectivity index (χ2v) is 6.48. The number of nitrogens with one attached hydrogen (secondary N) is 1. The van der Waals surface area contributed by atoms with Gasteiger partial charge in [-0.25, -0.2) is 0 Å². The summed E-state index contributed by atoms with van der Waals surface area (Å²) in [5.74, 6) is 2.25. The summed E-state index contributed by atoms with van der Waals surface area (Å²) in [5.41, 5.74) is 2.47. The molecule has 0 saturated carbocycles. The fourth-order valence-electron chi connectivity index (χ4n) is 2.40. The Bertz CT molecular complexity index is 427. The lowest BCUT2D eigenvalue weighted by molar-refractivity contribution is -0.133. The van der Waals surface area contributed by atoms with Crippen LogP contribution in [0.4, 0.5) is 0 Å². The molecule has 0 aromatic heterocycles. The molecule has 1 unspecified atom stereocenters. The number of hydrogen-bond donors (Lipinski definition) is 1. The number of amides is 1. The van der Waals surface area contributed by atoms with E-state index in [4.69, 9.17) is 0 Å². The Labute approximate surface area is 126 Å². The molecule has 0 radical (unpaired) electrons. The average Bonchev–Trinajstić information content (AvgIpc) is 2.49. The second kappa shape index (κ2) is 7.70. The van der Waals surface area contributed by atoms with Crippen molar-refractivity contribution < 1.29 is 4.79 Å². The number of benzene rings is 1. The Kier molecular flexibility index (Phi) is 5.92. The maximum Gasteiger partial charge on any atom is 0.240 e. The van der Waals surface area contributed by atoms with Crippen molar-refractivity contribution in [1.82, 2.24) is 10.2 Å².